The number of ketones is 1. The van der Waals surface area contributed by atoms with Gasteiger partial charge < -0.3 is 33.2 Å². The SMILES string of the molecule is COc1cc(C(C)=O)ccc1O[C@H]1O[C@@H](COC(C)=O)[C@H](OC(C)=O)[C@@H](OC(C)=O)[C@@H]1OC(C)=O. The van der Waals surface area contributed by atoms with Crippen LogP contribution in [0.2, 0.25) is 0 Å². The van der Waals surface area contributed by atoms with E-state index in [4.69, 9.17) is 33.2 Å². The van der Waals surface area contributed by atoms with Crippen LogP contribution in [0.25, 0.3) is 0 Å². The summed E-state index contributed by atoms with van der Waals surface area (Å²) < 4.78 is 38.2. The maximum Gasteiger partial charge on any atom is 0.303 e. The predicted octanol–water partition coefficient (Wildman–Crippen LogP) is 1.36. The Bertz CT molecular complexity index is 971. The van der Waals surface area contributed by atoms with Gasteiger partial charge in [0.15, 0.2) is 29.5 Å². The summed E-state index contributed by atoms with van der Waals surface area (Å²) >= 11 is 0. The first-order valence-corrected chi connectivity index (χ1v) is 10.6. The van der Waals surface area contributed by atoms with Crippen LogP contribution < -0.4 is 9.47 Å². The topological polar surface area (TPSA) is 150 Å². The summed E-state index contributed by atoms with van der Waals surface area (Å²) in [5, 5.41) is 0. The fourth-order valence-corrected chi connectivity index (χ4v) is 3.39. The molecule has 12 heteroatoms. The Kier molecular flexibility index (Phi) is 9.58. The average molecular weight is 496 g/mol. The van der Waals surface area contributed by atoms with E-state index in [9.17, 15) is 24.0 Å². The quantitative estimate of drug-likeness (QED) is 0.276. The second-order valence-corrected chi connectivity index (χ2v) is 7.61. The van der Waals surface area contributed by atoms with Gasteiger partial charge in [0.05, 0.1) is 7.11 Å². The maximum absolute atomic E-state index is 11.9. The van der Waals surface area contributed by atoms with E-state index in [1.54, 1.807) is 0 Å². The molecule has 35 heavy (non-hydrogen) atoms. The molecule has 0 unspecified atom stereocenters. The molecule has 192 valence electrons. The van der Waals surface area contributed by atoms with Crippen LogP contribution >= 0.6 is 0 Å². The highest BCUT2D eigenvalue weighted by Crippen LogP contribution is 2.35. The molecule has 0 N–H and O–H groups in total. The van der Waals surface area contributed by atoms with E-state index in [-0.39, 0.29) is 17.3 Å². The van der Waals surface area contributed by atoms with Crippen LogP contribution in [0.3, 0.4) is 0 Å². The molecule has 5 atom stereocenters. The lowest BCUT2D eigenvalue weighted by Crippen LogP contribution is -2.63. The molecule has 0 bridgehead atoms. The molecule has 1 heterocycles. The normalized spacial score (nSPS) is 23.4. The summed E-state index contributed by atoms with van der Waals surface area (Å²) in [5.74, 6) is -2.83. The van der Waals surface area contributed by atoms with E-state index in [0.717, 1.165) is 20.8 Å². The third-order valence-electron chi connectivity index (χ3n) is 4.76. The van der Waals surface area contributed by atoms with Crippen LogP contribution in [0.4, 0.5) is 0 Å². The highest BCUT2D eigenvalue weighted by molar-refractivity contribution is 5.94. The number of carbonyl (C=O) groups is 5. The molecule has 1 saturated heterocycles. The Hall–Kier alpha value is -3.67. The number of carbonyl (C=O) groups excluding carboxylic acids is 5. The van der Waals surface area contributed by atoms with Gasteiger partial charge in [0.25, 0.3) is 0 Å². The van der Waals surface area contributed by atoms with Crippen molar-refractivity contribution in [1.29, 1.82) is 0 Å². The molecule has 1 aromatic carbocycles. The van der Waals surface area contributed by atoms with Gasteiger partial charge in [0, 0.05) is 33.3 Å². The third kappa shape index (κ3) is 7.67. The Morgan fingerprint density at radius 3 is 1.86 bits per heavy atom. The van der Waals surface area contributed by atoms with Gasteiger partial charge in [-0.1, -0.05) is 0 Å². The summed E-state index contributed by atoms with van der Waals surface area (Å²) in [6, 6.07) is 4.39. The summed E-state index contributed by atoms with van der Waals surface area (Å²) in [6.45, 7) is 5.53. The van der Waals surface area contributed by atoms with E-state index in [0.29, 0.717) is 5.56 Å². The largest absolute Gasteiger partial charge is 0.493 e. The van der Waals surface area contributed by atoms with Crippen molar-refractivity contribution >= 4 is 29.7 Å². The number of esters is 4. The number of Topliss-reactive ketones (excluding diaryl/α,β-unsaturated/α-hetero) is 1. The van der Waals surface area contributed by atoms with Crippen LogP contribution in [0.1, 0.15) is 45.0 Å². The molecule has 1 aromatic rings. The smallest absolute Gasteiger partial charge is 0.303 e. The monoisotopic (exact) mass is 496 g/mol. The summed E-state index contributed by atoms with van der Waals surface area (Å²) in [5.41, 5.74) is 0.357. The first kappa shape index (κ1) is 27.6. The third-order valence-corrected chi connectivity index (χ3v) is 4.76. The van der Waals surface area contributed by atoms with Crippen LogP contribution in [0.15, 0.2) is 18.2 Å². The number of rotatable bonds is 9. The lowest BCUT2D eigenvalue weighted by atomic mass is 9.98. The van der Waals surface area contributed by atoms with Gasteiger partial charge in [-0.25, -0.2) is 0 Å². The average Bonchev–Trinajstić information content (AvgIpc) is 2.75. The van der Waals surface area contributed by atoms with Crippen molar-refractivity contribution in [2.24, 2.45) is 0 Å². The van der Waals surface area contributed by atoms with E-state index in [1.807, 2.05) is 0 Å². The highest BCUT2D eigenvalue weighted by Gasteiger charge is 2.53. The highest BCUT2D eigenvalue weighted by atomic mass is 16.7. The van der Waals surface area contributed by atoms with Crippen molar-refractivity contribution in [3.8, 4) is 11.5 Å². The number of ether oxygens (including phenoxy) is 7. The molecule has 0 spiro atoms. The molecule has 1 fully saturated rings. The molecule has 1 aliphatic heterocycles. The van der Waals surface area contributed by atoms with Gasteiger partial charge in [-0.05, 0) is 25.1 Å². The second kappa shape index (κ2) is 12.2. The summed E-state index contributed by atoms with van der Waals surface area (Å²) in [7, 11) is 1.36. The zero-order chi connectivity index (χ0) is 26.3. The van der Waals surface area contributed by atoms with Gasteiger partial charge in [-0.3, -0.25) is 24.0 Å². The fourth-order valence-electron chi connectivity index (χ4n) is 3.39. The number of hydrogen-bond acceptors (Lipinski definition) is 12. The Labute approximate surface area is 201 Å². The van der Waals surface area contributed by atoms with E-state index in [2.05, 4.69) is 0 Å². The number of hydrogen-bond donors (Lipinski definition) is 0. The minimum atomic E-state index is -1.42. The minimum Gasteiger partial charge on any atom is -0.493 e. The second-order valence-electron chi connectivity index (χ2n) is 7.61. The van der Waals surface area contributed by atoms with Crippen LogP contribution in [-0.4, -0.2) is 74.1 Å². The lowest BCUT2D eigenvalue weighted by molar-refractivity contribution is -0.288. The lowest BCUT2D eigenvalue weighted by Gasteiger charge is -2.44. The number of benzene rings is 1. The van der Waals surface area contributed by atoms with Gasteiger partial charge in [-0.15, -0.1) is 0 Å². The first-order valence-electron chi connectivity index (χ1n) is 10.6. The molecule has 12 nitrogen and oxygen atoms in total. The molecular formula is C23H28O12. The fraction of sp³-hybridized carbons (Fsp3) is 0.522. The molecule has 0 aliphatic carbocycles. The van der Waals surface area contributed by atoms with E-state index >= 15 is 0 Å². The van der Waals surface area contributed by atoms with Crippen molar-refractivity contribution in [1.82, 2.24) is 0 Å². The zero-order valence-corrected chi connectivity index (χ0v) is 20.2. The Morgan fingerprint density at radius 2 is 1.34 bits per heavy atom. The maximum atomic E-state index is 11.9. The number of methoxy groups -OCH3 is 1. The van der Waals surface area contributed by atoms with Crippen LogP contribution in [0, 0.1) is 0 Å². The molecule has 0 amide bonds. The van der Waals surface area contributed by atoms with Crippen LogP contribution in [-0.2, 0) is 42.9 Å². The molecule has 0 radical (unpaired) electrons. The molecule has 1 aliphatic rings. The molecule has 0 saturated carbocycles. The van der Waals surface area contributed by atoms with Crippen LogP contribution in [0.5, 0.6) is 11.5 Å². The van der Waals surface area contributed by atoms with Crippen molar-refractivity contribution < 1.29 is 57.1 Å². The Balaban J connectivity index is 2.52. The molecule has 2 rings (SSSR count). The van der Waals surface area contributed by atoms with Crippen molar-refractivity contribution in [3.05, 3.63) is 23.8 Å². The Morgan fingerprint density at radius 1 is 0.771 bits per heavy atom. The van der Waals surface area contributed by atoms with E-state index in [1.165, 1.54) is 39.2 Å². The standard InChI is InChI=1S/C23H28O12/c1-11(24)16-7-8-17(18(9-16)29-6)34-23-22(33-15(5)28)21(32-14(4)27)20(31-13(3)26)19(35-23)10-30-12(2)25/h7-9,19-23H,10H2,1-6H3/t19-,20-,21+,22-,23-/m0/s1. The van der Waals surface area contributed by atoms with Gasteiger partial charge in [-0.2, -0.15) is 0 Å². The van der Waals surface area contributed by atoms with Crippen molar-refractivity contribution in [3.63, 3.8) is 0 Å². The summed E-state index contributed by atoms with van der Waals surface area (Å²) in [4.78, 5) is 58.7. The van der Waals surface area contributed by atoms with Gasteiger partial charge in [0.2, 0.25) is 12.4 Å². The summed E-state index contributed by atoms with van der Waals surface area (Å²) in [6.07, 6.45) is -6.66. The molecule has 0 aromatic heterocycles. The van der Waals surface area contributed by atoms with Crippen molar-refractivity contribution in [2.75, 3.05) is 13.7 Å². The van der Waals surface area contributed by atoms with E-state index < -0.39 is 61.2 Å². The minimum absolute atomic E-state index is 0.110. The van der Waals surface area contributed by atoms with Gasteiger partial charge in [0.1, 0.15) is 12.7 Å². The predicted molar refractivity (Wildman–Crippen MR) is 116 cm³/mol. The van der Waals surface area contributed by atoms with Crippen molar-refractivity contribution in [2.45, 2.75) is 65.3 Å². The zero-order valence-electron chi connectivity index (χ0n) is 20.2. The van der Waals surface area contributed by atoms with Gasteiger partial charge >= 0.3 is 23.9 Å². The first-order chi connectivity index (χ1) is 16.4. The molecular weight excluding hydrogens is 468 g/mol.